The van der Waals surface area contributed by atoms with Gasteiger partial charge in [0.1, 0.15) is 23.4 Å². The molecule has 1 aliphatic carbocycles. The number of aliphatic carboxylic acids is 1. The summed E-state index contributed by atoms with van der Waals surface area (Å²) in [7, 11) is -2.76. The zero-order valence-corrected chi connectivity index (χ0v) is 17.2. The molecule has 4 aromatic rings. The second kappa shape index (κ2) is 7.34. The average Bonchev–Trinajstić information content (AvgIpc) is 3.36. The van der Waals surface area contributed by atoms with Gasteiger partial charge in [0.2, 0.25) is 0 Å². The van der Waals surface area contributed by atoms with E-state index >= 15 is 0 Å². The third-order valence-corrected chi connectivity index (χ3v) is 6.78. The molecule has 1 aliphatic rings. The van der Waals surface area contributed by atoms with Crippen LogP contribution in [0.25, 0.3) is 27.8 Å². The van der Waals surface area contributed by atoms with Crippen LogP contribution in [-0.2, 0) is 15.5 Å². The van der Waals surface area contributed by atoms with Gasteiger partial charge in [0, 0.05) is 11.3 Å². The van der Waals surface area contributed by atoms with Gasteiger partial charge < -0.3 is 15.8 Å². The molecule has 0 saturated heterocycles. The third kappa shape index (κ3) is 3.21. The highest BCUT2D eigenvalue weighted by Gasteiger charge is 2.31. The Kier molecular flexibility index (Phi) is 4.62. The Bertz CT molecular complexity index is 1390. The maximum Gasteiger partial charge on any atom is 0.306 e. The summed E-state index contributed by atoms with van der Waals surface area (Å²) in [6.45, 7) is 0. The van der Waals surface area contributed by atoms with Crippen LogP contribution in [0.1, 0.15) is 37.4 Å². The van der Waals surface area contributed by atoms with Crippen LogP contribution in [0.4, 0.5) is 5.82 Å². The van der Waals surface area contributed by atoms with Crippen molar-refractivity contribution in [3.8, 4) is 11.4 Å². The van der Waals surface area contributed by atoms with Crippen molar-refractivity contribution in [3.63, 3.8) is 0 Å². The molecule has 160 valence electrons. The Labute approximate surface area is 178 Å². The highest BCUT2D eigenvalue weighted by atomic mass is 32.2. The number of rotatable bonds is 4. The number of carbonyl (C=O) groups is 1. The van der Waals surface area contributed by atoms with Gasteiger partial charge in [-0.05, 0) is 37.8 Å². The standard InChI is InChI=1S/C20H20N6O4S/c21-18-17-16(13-8-12-2-1-3-14(31(29)30)15(12)24-13)25-19(26(17)23-9-22-18)10-4-6-11(7-5-10)20(27)28/h1-3,8-11,24,31H,4-7H2,(H,27,28)(H2,21,22,23)/t10-,11-. The van der Waals surface area contributed by atoms with Gasteiger partial charge in [-0.25, -0.2) is 22.9 Å². The van der Waals surface area contributed by atoms with Gasteiger partial charge in [-0.1, -0.05) is 12.1 Å². The number of hydrogen-bond donors (Lipinski definition) is 4. The molecule has 0 spiro atoms. The Morgan fingerprint density at radius 1 is 1.23 bits per heavy atom. The van der Waals surface area contributed by atoms with E-state index in [-0.39, 0.29) is 22.5 Å². The molecule has 10 nitrogen and oxygen atoms in total. The van der Waals surface area contributed by atoms with Gasteiger partial charge in [-0.15, -0.1) is 0 Å². The number of nitrogen functional groups attached to an aromatic ring is 1. The van der Waals surface area contributed by atoms with Crippen molar-refractivity contribution in [2.75, 3.05) is 5.73 Å². The van der Waals surface area contributed by atoms with E-state index in [2.05, 4.69) is 15.1 Å². The van der Waals surface area contributed by atoms with Crippen molar-refractivity contribution in [1.29, 1.82) is 0 Å². The number of thiol groups is 1. The number of nitrogens with two attached hydrogens (primary N) is 1. The van der Waals surface area contributed by atoms with E-state index in [1.807, 2.05) is 12.1 Å². The summed E-state index contributed by atoms with van der Waals surface area (Å²) in [5.41, 5.74) is 8.37. The second-order valence-corrected chi connectivity index (χ2v) is 8.79. The van der Waals surface area contributed by atoms with E-state index in [9.17, 15) is 18.3 Å². The van der Waals surface area contributed by atoms with Gasteiger partial charge in [0.05, 0.1) is 22.0 Å². The molecule has 11 heteroatoms. The molecule has 0 amide bonds. The lowest BCUT2D eigenvalue weighted by Gasteiger charge is -2.24. The molecule has 0 bridgehead atoms. The Morgan fingerprint density at radius 2 is 2.00 bits per heavy atom. The smallest absolute Gasteiger partial charge is 0.306 e. The number of nitrogens with one attached hydrogen (secondary N) is 1. The van der Waals surface area contributed by atoms with Gasteiger partial charge in [-0.3, -0.25) is 4.79 Å². The number of hydrogen-bond acceptors (Lipinski definition) is 7. The largest absolute Gasteiger partial charge is 0.481 e. The second-order valence-electron chi connectivity index (χ2n) is 7.79. The molecular weight excluding hydrogens is 420 g/mol. The first-order chi connectivity index (χ1) is 14.9. The van der Waals surface area contributed by atoms with E-state index in [0.29, 0.717) is 53.9 Å². The fourth-order valence-electron chi connectivity index (χ4n) is 4.45. The number of carboxylic acids is 1. The first-order valence-corrected chi connectivity index (χ1v) is 11.1. The average molecular weight is 440 g/mol. The normalized spacial score (nSPS) is 19.4. The number of para-hydroxylation sites is 1. The molecular formula is C20H20N6O4S. The Balaban J connectivity index is 1.65. The molecule has 0 aliphatic heterocycles. The van der Waals surface area contributed by atoms with Gasteiger partial charge in [0.25, 0.3) is 0 Å². The molecule has 1 saturated carbocycles. The van der Waals surface area contributed by atoms with Crippen LogP contribution in [0.5, 0.6) is 0 Å². The van der Waals surface area contributed by atoms with Crippen LogP contribution in [-0.4, -0.2) is 44.1 Å². The molecule has 1 aromatic carbocycles. The topological polar surface area (TPSA) is 156 Å². The highest BCUT2D eigenvalue weighted by molar-refractivity contribution is 7.72. The van der Waals surface area contributed by atoms with E-state index < -0.39 is 16.7 Å². The molecule has 3 aromatic heterocycles. The van der Waals surface area contributed by atoms with Crippen molar-refractivity contribution in [3.05, 3.63) is 36.4 Å². The van der Waals surface area contributed by atoms with Gasteiger partial charge in [-0.2, -0.15) is 5.10 Å². The molecule has 31 heavy (non-hydrogen) atoms. The summed E-state index contributed by atoms with van der Waals surface area (Å²) >= 11 is 0. The van der Waals surface area contributed by atoms with Crippen LogP contribution in [0.2, 0.25) is 0 Å². The van der Waals surface area contributed by atoms with Gasteiger partial charge >= 0.3 is 5.97 Å². The first-order valence-electron chi connectivity index (χ1n) is 9.92. The number of aromatic amines is 1. The first kappa shape index (κ1) is 19.5. The lowest BCUT2D eigenvalue weighted by Crippen LogP contribution is -2.21. The molecule has 1 fully saturated rings. The summed E-state index contributed by atoms with van der Waals surface area (Å²) in [5.74, 6) is -0.0807. The zero-order valence-electron chi connectivity index (χ0n) is 16.4. The van der Waals surface area contributed by atoms with E-state index in [1.165, 1.54) is 6.33 Å². The van der Waals surface area contributed by atoms with Crippen LogP contribution in [0.15, 0.2) is 35.5 Å². The predicted octanol–water partition coefficient (Wildman–Crippen LogP) is 2.18. The van der Waals surface area contributed by atoms with Crippen LogP contribution >= 0.6 is 0 Å². The van der Waals surface area contributed by atoms with Crippen molar-refractivity contribution in [2.45, 2.75) is 36.5 Å². The summed E-state index contributed by atoms with van der Waals surface area (Å²) < 4.78 is 24.9. The number of H-pyrrole nitrogens is 1. The number of aromatic nitrogens is 5. The minimum atomic E-state index is -2.76. The van der Waals surface area contributed by atoms with Gasteiger partial charge in [0.15, 0.2) is 16.5 Å². The van der Waals surface area contributed by atoms with E-state index in [0.717, 1.165) is 5.39 Å². The summed E-state index contributed by atoms with van der Waals surface area (Å²) in [6.07, 6.45) is 3.90. The predicted molar refractivity (Wildman–Crippen MR) is 113 cm³/mol. The fraction of sp³-hybridized carbons (Fsp3) is 0.300. The lowest BCUT2D eigenvalue weighted by molar-refractivity contribution is -0.142. The molecule has 5 rings (SSSR count). The van der Waals surface area contributed by atoms with Crippen molar-refractivity contribution < 1.29 is 18.3 Å². The maximum absolute atomic E-state index is 11.6. The number of nitrogens with zero attached hydrogens (tertiary/aromatic N) is 4. The summed E-state index contributed by atoms with van der Waals surface area (Å²) in [5, 5.41) is 14.4. The lowest BCUT2D eigenvalue weighted by atomic mass is 9.82. The van der Waals surface area contributed by atoms with Crippen LogP contribution < -0.4 is 5.73 Å². The minimum absolute atomic E-state index is 0.0437. The van der Waals surface area contributed by atoms with Crippen molar-refractivity contribution >= 4 is 38.9 Å². The number of anilines is 1. The third-order valence-electron chi connectivity index (χ3n) is 6.01. The van der Waals surface area contributed by atoms with Crippen molar-refractivity contribution in [1.82, 2.24) is 24.6 Å². The fourth-order valence-corrected chi connectivity index (χ4v) is 5.02. The number of fused-ring (bicyclic) bond motifs is 2. The highest BCUT2D eigenvalue weighted by Crippen LogP contribution is 2.38. The van der Waals surface area contributed by atoms with Crippen LogP contribution in [0, 0.1) is 5.92 Å². The Morgan fingerprint density at radius 3 is 2.71 bits per heavy atom. The molecule has 0 unspecified atom stereocenters. The van der Waals surface area contributed by atoms with E-state index in [4.69, 9.17) is 10.7 Å². The van der Waals surface area contributed by atoms with E-state index in [1.54, 1.807) is 16.6 Å². The summed E-state index contributed by atoms with van der Waals surface area (Å²) in [6, 6.07) is 6.89. The minimum Gasteiger partial charge on any atom is -0.481 e. The number of carboxylic acid groups (broad SMARTS) is 1. The number of imidazole rings is 1. The number of benzene rings is 1. The van der Waals surface area contributed by atoms with Crippen LogP contribution in [0.3, 0.4) is 0 Å². The maximum atomic E-state index is 11.6. The quantitative estimate of drug-likeness (QED) is 0.352. The van der Waals surface area contributed by atoms with Crippen molar-refractivity contribution in [2.24, 2.45) is 5.92 Å². The molecule has 0 radical (unpaired) electrons. The molecule has 3 heterocycles. The zero-order chi connectivity index (χ0) is 21.7. The Hall–Kier alpha value is -3.47. The monoisotopic (exact) mass is 440 g/mol. The molecule has 4 N–H and O–H groups in total. The molecule has 0 atom stereocenters. The summed E-state index contributed by atoms with van der Waals surface area (Å²) in [4.78, 5) is 23.6. The SMILES string of the molecule is Nc1ncnn2c1c(-c1cc3cccc([SH](=O)=O)c3[nH]1)nc2[C@H]1CC[C@H](C(=O)O)CC1.